The predicted octanol–water partition coefficient (Wildman–Crippen LogP) is 0.588. The van der Waals surface area contributed by atoms with Crippen molar-refractivity contribution in [2.45, 2.75) is 19.4 Å². The number of hydrogen-bond acceptors (Lipinski definition) is 5. The molecule has 10 heteroatoms. The summed E-state index contributed by atoms with van der Waals surface area (Å²) in [7, 11) is 0. The smallest absolute Gasteiger partial charge is 0.264 e. The number of carbonyl (C=O) groups is 3. The summed E-state index contributed by atoms with van der Waals surface area (Å²) >= 11 is 0. The van der Waals surface area contributed by atoms with Crippen LogP contribution in [0, 0.1) is 12.8 Å². The summed E-state index contributed by atoms with van der Waals surface area (Å²) in [5.74, 6) is -1.47. The third kappa shape index (κ3) is 11.9. The number of hydrogen-bond donors (Lipinski definition) is 4. The maximum Gasteiger partial charge on any atom is 0.264 e. The fraction of sp³-hybridized carbons (Fsp3) is 0.286. The minimum Gasteiger partial charge on any atom is -0.370 e. The first-order valence-corrected chi connectivity index (χ1v) is 12.0. The van der Waals surface area contributed by atoms with Crippen LogP contribution >= 0.6 is 0 Å². The zero-order valence-electron chi connectivity index (χ0n) is 21.6. The number of amides is 3. The largest absolute Gasteiger partial charge is 0.370 e. The predicted molar refractivity (Wildman–Crippen MR) is 150 cm³/mol. The van der Waals surface area contributed by atoms with Crippen LogP contribution in [0.4, 0.5) is 0 Å². The lowest BCUT2D eigenvalue weighted by atomic mass is 10.1. The average molecular weight is 520 g/mol. The first kappa shape index (κ1) is 31.4. The maximum absolute atomic E-state index is 13.3. The summed E-state index contributed by atoms with van der Waals surface area (Å²) in [5, 5.41) is 3.06. The normalized spacial score (nSPS) is 9.84. The summed E-state index contributed by atoms with van der Waals surface area (Å²) in [4.78, 5) is 44.8. The van der Waals surface area contributed by atoms with Crippen molar-refractivity contribution >= 4 is 23.7 Å². The molecule has 0 unspecified atom stereocenters. The topological polar surface area (TPSA) is 160 Å². The standard InChI is InChI=1S/C26H35N7O3.C2H2/c1-20(25(27)36)33(18-22-11-6-3-7-12-22)24(35)19-32(16-13-21-9-4-2-5-10-21)23(34)17-30-14-8-15-31-26(28)29;1-2/h2-7,9-12,30H,1,8,13-19H2,(H2,27,36)(H4,28,29,31);1-2H. The van der Waals surface area contributed by atoms with Gasteiger partial charge >= 0.3 is 0 Å². The van der Waals surface area contributed by atoms with E-state index in [-0.39, 0.29) is 37.2 Å². The van der Waals surface area contributed by atoms with E-state index in [9.17, 15) is 14.4 Å². The molecule has 38 heavy (non-hydrogen) atoms. The van der Waals surface area contributed by atoms with Crippen molar-refractivity contribution < 1.29 is 14.4 Å². The van der Waals surface area contributed by atoms with Crippen molar-refractivity contribution in [3.8, 4) is 12.8 Å². The van der Waals surface area contributed by atoms with Crippen molar-refractivity contribution in [3.05, 3.63) is 84.1 Å². The van der Waals surface area contributed by atoms with Crippen LogP contribution in [-0.2, 0) is 27.3 Å². The van der Waals surface area contributed by atoms with E-state index < -0.39 is 11.8 Å². The minimum absolute atomic E-state index is 0.0225. The van der Waals surface area contributed by atoms with Gasteiger partial charge in [-0.1, -0.05) is 67.2 Å². The minimum atomic E-state index is -0.802. The molecule has 0 aliphatic carbocycles. The van der Waals surface area contributed by atoms with Crippen LogP contribution < -0.4 is 22.5 Å². The molecule has 0 spiro atoms. The Kier molecular flexibility index (Phi) is 14.7. The Hall–Kier alpha value is -4.62. The second-order valence-electron chi connectivity index (χ2n) is 8.16. The molecule has 202 valence electrons. The molecule has 0 fully saturated rings. The van der Waals surface area contributed by atoms with Crippen LogP contribution in [-0.4, -0.2) is 66.2 Å². The Labute approximate surface area is 224 Å². The zero-order valence-corrected chi connectivity index (χ0v) is 21.6. The number of nitrogens with two attached hydrogens (primary N) is 3. The molecule has 2 aromatic carbocycles. The van der Waals surface area contributed by atoms with Gasteiger partial charge in [-0.15, -0.1) is 12.8 Å². The number of guanidine groups is 1. The summed E-state index contributed by atoms with van der Waals surface area (Å²) in [6.45, 7) is 4.93. The molecule has 0 aromatic heterocycles. The van der Waals surface area contributed by atoms with E-state index in [0.29, 0.717) is 32.5 Å². The van der Waals surface area contributed by atoms with Gasteiger partial charge in [0.05, 0.1) is 13.1 Å². The summed E-state index contributed by atoms with van der Waals surface area (Å²) in [6, 6.07) is 18.9. The SMILES string of the molecule is C#C.C=C(C(N)=O)N(Cc1ccccc1)C(=O)CN(CCc1ccccc1)C(=O)CNCCCN=C(N)N. The Morgan fingerprint density at radius 2 is 1.47 bits per heavy atom. The van der Waals surface area contributed by atoms with E-state index in [1.807, 2.05) is 60.7 Å². The molecule has 10 nitrogen and oxygen atoms in total. The van der Waals surface area contributed by atoms with E-state index in [4.69, 9.17) is 17.2 Å². The Balaban J connectivity index is 0.00000352. The highest BCUT2D eigenvalue weighted by atomic mass is 16.2. The van der Waals surface area contributed by atoms with Crippen molar-refractivity contribution in [2.24, 2.45) is 22.2 Å². The molecule has 3 amide bonds. The van der Waals surface area contributed by atoms with Crippen LogP contribution in [0.2, 0.25) is 0 Å². The lowest BCUT2D eigenvalue weighted by molar-refractivity contribution is -0.140. The number of aliphatic imine (C=N–C) groups is 1. The van der Waals surface area contributed by atoms with Crippen molar-refractivity contribution in [3.63, 3.8) is 0 Å². The quantitative estimate of drug-likeness (QED) is 0.0886. The van der Waals surface area contributed by atoms with Gasteiger partial charge in [-0.3, -0.25) is 19.4 Å². The van der Waals surface area contributed by atoms with Gasteiger partial charge in [0.15, 0.2) is 5.96 Å². The molecule has 0 saturated carbocycles. The molecule has 2 aromatic rings. The molecule has 0 heterocycles. The highest BCUT2D eigenvalue weighted by molar-refractivity contribution is 5.97. The molecule has 0 saturated heterocycles. The van der Waals surface area contributed by atoms with Crippen LogP contribution in [0.3, 0.4) is 0 Å². The van der Waals surface area contributed by atoms with E-state index in [0.717, 1.165) is 11.1 Å². The number of terminal acetylenes is 1. The number of primary amides is 1. The summed E-state index contributed by atoms with van der Waals surface area (Å²) in [6.07, 6.45) is 9.22. The molecule has 0 radical (unpaired) electrons. The third-order valence-corrected chi connectivity index (χ3v) is 5.37. The van der Waals surface area contributed by atoms with E-state index >= 15 is 0 Å². The average Bonchev–Trinajstić information content (AvgIpc) is 2.93. The number of nitrogens with zero attached hydrogens (tertiary/aromatic N) is 3. The first-order chi connectivity index (χ1) is 18.3. The first-order valence-electron chi connectivity index (χ1n) is 12.0. The molecule has 0 aliphatic heterocycles. The van der Waals surface area contributed by atoms with Gasteiger partial charge in [-0.25, -0.2) is 0 Å². The number of nitrogens with one attached hydrogen (secondary N) is 1. The third-order valence-electron chi connectivity index (χ3n) is 5.37. The molecule has 2 rings (SSSR count). The highest BCUT2D eigenvalue weighted by Gasteiger charge is 2.25. The van der Waals surface area contributed by atoms with Gasteiger partial charge < -0.3 is 32.3 Å². The van der Waals surface area contributed by atoms with E-state index in [1.165, 1.54) is 9.80 Å². The molecule has 0 atom stereocenters. The van der Waals surface area contributed by atoms with Gasteiger partial charge in [0.1, 0.15) is 12.2 Å². The van der Waals surface area contributed by atoms with Crippen molar-refractivity contribution in [2.75, 3.05) is 32.7 Å². The van der Waals surface area contributed by atoms with Crippen LogP contribution in [0.15, 0.2) is 77.9 Å². The van der Waals surface area contributed by atoms with Gasteiger partial charge in [-0.2, -0.15) is 0 Å². The fourth-order valence-corrected chi connectivity index (χ4v) is 3.40. The van der Waals surface area contributed by atoms with Crippen LogP contribution in [0.5, 0.6) is 0 Å². The summed E-state index contributed by atoms with van der Waals surface area (Å²) in [5.41, 5.74) is 17.8. The highest BCUT2D eigenvalue weighted by Crippen LogP contribution is 2.12. The van der Waals surface area contributed by atoms with Crippen LogP contribution in [0.1, 0.15) is 17.5 Å². The lowest BCUT2D eigenvalue weighted by Crippen LogP contribution is -2.47. The van der Waals surface area contributed by atoms with Crippen LogP contribution in [0.25, 0.3) is 0 Å². The number of rotatable bonds is 15. The zero-order chi connectivity index (χ0) is 28.3. The number of benzene rings is 2. The molecule has 7 N–H and O–H groups in total. The Morgan fingerprint density at radius 3 is 2.03 bits per heavy atom. The van der Waals surface area contributed by atoms with Crippen molar-refractivity contribution in [1.82, 2.24) is 15.1 Å². The summed E-state index contributed by atoms with van der Waals surface area (Å²) < 4.78 is 0. The monoisotopic (exact) mass is 519 g/mol. The maximum atomic E-state index is 13.3. The Morgan fingerprint density at radius 1 is 0.895 bits per heavy atom. The second-order valence-corrected chi connectivity index (χ2v) is 8.16. The second kappa shape index (κ2) is 17.8. The molecular formula is C28H37N7O3. The molecular weight excluding hydrogens is 482 g/mol. The van der Waals surface area contributed by atoms with Crippen molar-refractivity contribution in [1.29, 1.82) is 0 Å². The van der Waals surface area contributed by atoms with Gasteiger partial charge in [0.2, 0.25) is 11.8 Å². The number of carbonyl (C=O) groups excluding carboxylic acids is 3. The van der Waals surface area contributed by atoms with E-state index in [1.54, 1.807) is 0 Å². The molecule has 0 aliphatic rings. The van der Waals surface area contributed by atoms with Gasteiger partial charge in [0, 0.05) is 13.1 Å². The van der Waals surface area contributed by atoms with Gasteiger partial charge in [0.25, 0.3) is 5.91 Å². The van der Waals surface area contributed by atoms with E-state index in [2.05, 4.69) is 29.7 Å². The lowest BCUT2D eigenvalue weighted by Gasteiger charge is -2.28. The molecule has 0 bridgehead atoms. The fourth-order valence-electron chi connectivity index (χ4n) is 3.40. The van der Waals surface area contributed by atoms with Gasteiger partial charge in [-0.05, 0) is 30.5 Å². The Bertz CT molecular complexity index is 1080.